The fourth-order valence-electron chi connectivity index (χ4n) is 2.31. The number of halogens is 2. The summed E-state index contributed by atoms with van der Waals surface area (Å²) in [5, 5.41) is 9.30. The number of rotatable bonds is 2. The molecule has 0 amide bonds. The lowest BCUT2D eigenvalue weighted by atomic mass is 10.2. The fourth-order valence-corrected chi connectivity index (χ4v) is 2.60. The zero-order chi connectivity index (χ0) is 15.5. The first-order valence-corrected chi connectivity index (χ1v) is 7.08. The highest BCUT2D eigenvalue weighted by Crippen LogP contribution is 2.25. The van der Waals surface area contributed by atoms with Crippen molar-refractivity contribution in [3.63, 3.8) is 0 Å². The van der Waals surface area contributed by atoms with Crippen molar-refractivity contribution in [3.05, 3.63) is 41.1 Å². The minimum absolute atomic E-state index is 0.437. The molecular weight excluding hydrogens is 307 g/mol. The van der Waals surface area contributed by atoms with Gasteiger partial charge in [-0.2, -0.15) is 5.26 Å². The van der Waals surface area contributed by atoms with E-state index in [-0.39, 0.29) is 0 Å². The molecule has 2 aromatic rings. The van der Waals surface area contributed by atoms with Crippen molar-refractivity contribution < 1.29 is 4.39 Å². The van der Waals surface area contributed by atoms with E-state index in [2.05, 4.69) is 15.0 Å². The van der Waals surface area contributed by atoms with Gasteiger partial charge < -0.3 is 9.80 Å². The summed E-state index contributed by atoms with van der Waals surface area (Å²) < 4.78 is 12.8. The van der Waals surface area contributed by atoms with Crippen LogP contribution in [0.4, 0.5) is 16.2 Å². The second-order valence-corrected chi connectivity index (χ2v) is 5.22. The summed E-state index contributed by atoms with van der Waals surface area (Å²) in [5.74, 6) is 0.733. The third-order valence-electron chi connectivity index (χ3n) is 3.42. The average Bonchev–Trinajstić information content (AvgIpc) is 2.56. The maximum atomic E-state index is 12.8. The number of pyridine rings is 1. The Kier molecular flexibility index (Phi) is 4.02. The molecule has 1 saturated heterocycles. The third kappa shape index (κ3) is 2.92. The maximum Gasteiger partial charge on any atom is 0.225 e. The van der Waals surface area contributed by atoms with Crippen LogP contribution in [-0.4, -0.2) is 41.1 Å². The molecule has 0 aromatic carbocycles. The van der Waals surface area contributed by atoms with Crippen LogP contribution in [0.3, 0.4) is 0 Å². The van der Waals surface area contributed by atoms with Gasteiger partial charge in [0.2, 0.25) is 5.95 Å². The van der Waals surface area contributed by atoms with E-state index in [4.69, 9.17) is 16.9 Å². The van der Waals surface area contributed by atoms with E-state index < -0.39 is 5.82 Å². The Morgan fingerprint density at radius 2 is 1.68 bits per heavy atom. The van der Waals surface area contributed by atoms with E-state index in [1.165, 1.54) is 6.20 Å². The quantitative estimate of drug-likeness (QED) is 0.842. The van der Waals surface area contributed by atoms with Crippen LogP contribution in [0.25, 0.3) is 0 Å². The van der Waals surface area contributed by atoms with Gasteiger partial charge in [0.25, 0.3) is 0 Å². The fraction of sp³-hybridized carbons (Fsp3) is 0.286. The molecule has 0 saturated carbocycles. The maximum absolute atomic E-state index is 12.8. The first-order valence-electron chi connectivity index (χ1n) is 6.70. The highest BCUT2D eigenvalue weighted by Gasteiger charge is 2.21. The standard InChI is InChI=1S/C14H12ClFN6/c15-12-5-10(6-17)7-18-13(12)21-1-3-22(4-2-21)14-19-8-11(16)9-20-14/h5,7-9H,1-4H2. The van der Waals surface area contributed by atoms with E-state index in [1.807, 2.05) is 15.9 Å². The van der Waals surface area contributed by atoms with E-state index in [0.717, 1.165) is 12.4 Å². The molecule has 0 atom stereocenters. The van der Waals surface area contributed by atoms with E-state index in [9.17, 15) is 4.39 Å². The zero-order valence-corrected chi connectivity index (χ0v) is 12.3. The molecule has 8 heteroatoms. The number of hydrogen-bond acceptors (Lipinski definition) is 6. The van der Waals surface area contributed by atoms with Gasteiger partial charge in [-0.15, -0.1) is 0 Å². The molecule has 0 spiro atoms. The normalized spacial score (nSPS) is 14.8. The van der Waals surface area contributed by atoms with Gasteiger partial charge in [-0.05, 0) is 6.07 Å². The van der Waals surface area contributed by atoms with Crippen LogP contribution in [0.2, 0.25) is 5.02 Å². The van der Waals surface area contributed by atoms with Crippen molar-refractivity contribution in [3.8, 4) is 6.07 Å². The number of nitrogens with zero attached hydrogens (tertiary/aromatic N) is 6. The predicted octanol–water partition coefficient (Wildman–Crippen LogP) is 1.86. The first-order chi connectivity index (χ1) is 10.7. The van der Waals surface area contributed by atoms with Crippen LogP contribution in [-0.2, 0) is 0 Å². The van der Waals surface area contributed by atoms with Crippen LogP contribution >= 0.6 is 11.6 Å². The topological polar surface area (TPSA) is 68.9 Å². The van der Waals surface area contributed by atoms with Crippen molar-refractivity contribution in [2.75, 3.05) is 36.0 Å². The van der Waals surface area contributed by atoms with Gasteiger partial charge in [-0.1, -0.05) is 11.6 Å². The summed E-state index contributed by atoms with van der Waals surface area (Å²) in [5.41, 5.74) is 0.437. The van der Waals surface area contributed by atoms with Crippen molar-refractivity contribution in [1.29, 1.82) is 5.26 Å². The summed E-state index contributed by atoms with van der Waals surface area (Å²) in [6.45, 7) is 2.76. The van der Waals surface area contributed by atoms with Crippen molar-refractivity contribution in [2.24, 2.45) is 0 Å². The lowest BCUT2D eigenvalue weighted by molar-refractivity contribution is 0.601. The number of hydrogen-bond donors (Lipinski definition) is 0. The van der Waals surface area contributed by atoms with Crippen LogP contribution in [0.5, 0.6) is 0 Å². The average molecular weight is 319 g/mol. The van der Waals surface area contributed by atoms with Crippen LogP contribution in [0, 0.1) is 17.1 Å². The predicted molar refractivity (Wildman–Crippen MR) is 80.4 cm³/mol. The second kappa shape index (κ2) is 6.12. The van der Waals surface area contributed by atoms with E-state index in [0.29, 0.717) is 48.5 Å². The molecule has 1 fully saturated rings. The van der Waals surface area contributed by atoms with E-state index >= 15 is 0 Å². The number of anilines is 2. The summed E-state index contributed by atoms with van der Waals surface area (Å²) >= 11 is 6.18. The first kappa shape index (κ1) is 14.5. The number of nitriles is 1. The Bertz CT molecular complexity index is 706. The van der Waals surface area contributed by atoms with Crippen LogP contribution in [0.1, 0.15) is 5.56 Å². The van der Waals surface area contributed by atoms with Crippen molar-refractivity contribution >= 4 is 23.4 Å². The smallest absolute Gasteiger partial charge is 0.225 e. The monoisotopic (exact) mass is 318 g/mol. The molecule has 112 valence electrons. The zero-order valence-electron chi connectivity index (χ0n) is 11.6. The SMILES string of the molecule is N#Cc1cnc(N2CCN(c3ncc(F)cn3)CC2)c(Cl)c1. The third-order valence-corrected chi connectivity index (χ3v) is 3.70. The number of piperazine rings is 1. The van der Waals surface area contributed by atoms with Crippen LogP contribution < -0.4 is 9.80 Å². The van der Waals surface area contributed by atoms with Crippen molar-refractivity contribution in [2.45, 2.75) is 0 Å². The lowest BCUT2D eigenvalue weighted by Gasteiger charge is -2.35. The van der Waals surface area contributed by atoms with Gasteiger partial charge in [-0.3, -0.25) is 0 Å². The van der Waals surface area contributed by atoms with Crippen molar-refractivity contribution in [1.82, 2.24) is 15.0 Å². The van der Waals surface area contributed by atoms with Gasteiger partial charge in [-0.25, -0.2) is 19.3 Å². The Balaban J connectivity index is 1.69. The van der Waals surface area contributed by atoms with Gasteiger partial charge in [0, 0.05) is 32.4 Å². The molecule has 0 radical (unpaired) electrons. The highest BCUT2D eigenvalue weighted by atomic mass is 35.5. The van der Waals surface area contributed by atoms with Gasteiger partial charge in [0.15, 0.2) is 5.82 Å². The molecule has 2 aromatic heterocycles. The minimum Gasteiger partial charge on any atom is -0.352 e. The molecule has 0 unspecified atom stereocenters. The molecule has 1 aliphatic rings. The largest absolute Gasteiger partial charge is 0.352 e. The molecule has 3 heterocycles. The highest BCUT2D eigenvalue weighted by molar-refractivity contribution is 6.33. The summed E-state index contributed by atoms with van der Waals surface area (Å²) in [7, 11) is 0. The Morgan fingerprint density at radius 3 is 2.27 bits per heavy atom. The molecule has 3 rings (SSSR count). The molecule has 0 aliphatic carbocycles. The molecule has 6 nitrogen and oxygen atoms in total. The second-order valence-electron chi connectivity index (χ2n) is 4.82. The number of aromatic nitrogens is 3. The Hall–Kier alpha value is -2.46. The molecule has 0 bridgehead atoms. The molecule has 22 heavy (non-hydrogen) atoms. The molecular formula is C14H12ClFN6. The Morgan fingerprint density at radius 1 is 1.05 bits per heavy atom. The molecule has 0 N–H and O–H groups in total. The summed E-state index contributed by atoms with van der Waals surface area (Å²) in [6, 6.07) is 3.62. The minimum atomic E-state index is -0.448. The Labute approximate surface area is 131 Å². The molecule has 1 aliphatic heterocycles. The summed E-state index contributed by atoms with van der Waals surface area (Å²) in [4.78, 5) is 16.2. The van der Waals surface area contributed by atoms with Gasteiger partial charge >= 0.3 is 0 Å². The van der Waals surface area contributed by atoms with Gasteiger partial charge in [0.1, 0.15) is 11.9 Å². The van der Waals surface area contributed by atoms with Gasteiger partial charge in [0.05, 0.1) is 23.0 Å². The summed E-state index contributed by atoms with van der Waals surface area (Å²) in [6.07, 6.45) is 3.83. The van der Waals surface area contributed by atoms with E-state index in [1.54, 1.807) is 6.07 Å². The lowest BCUT2D eigenvalue weighted by Crippen LogP contribution is -2.47. The van der Waals surface area contributed by atoms with Crippen LogP contribution in [0.15, 0.2) is 24.7 Å².